The molecular weight excluding hydrogens is 576 g/mol. The third kappa shape index (κ3) is 9.46. The average Bonchev–Trinajstić information content (AvgIpc) is 3.10. The van der Waals surface area contributed by atoms with Crippen LogP contribution >= 0.6 is 0 Å². The Bertz CT molecular complexity index is 1500. The number of rotatable bonds is 11. The summed E-state index contributed by atoms with van der Waals surface area (Å²) in [5.74, 6) is 0. The molecule has 6 heteroatoms. The molecule has 5 aromatic rings. The molecule has 2 unspecified atom stereocenters. The largest absolute Gasteiger partial charge is 0.376 e. The first-order valence-electron chi connectivity index (χ1n) is 16.4. The van der Waals surface area contributed by atoms with Crippen molar-refractivity contribution in [3.63, 3.8) is 0 Å². The minimum atomic E-state index is -0.212. The molecule has 0 N–H and O–H groups in total. The number of hydrogen-bond donors (Lipinski definition) is 0. The summed E-state index contributed by atoms with van der Waals surface area (Å²) >= 11 is 0. The number of ether oxygens (including phenoxy) is 6. The average molecular weight is 621 g/mol. The van der Waals surface area contributed by atoms with Crippen molar-refractivity contribution in [2.45, 2.75) is 44.4 Å². The lowest BCUT2D eigenvalue weighted by molar-refractivity contribution is -0.133. The molecule has 46 heavy (non-hydrogen) atoms. The molecule has 0 bridgehead atoms. The van der Waals surface area contributed by atoms with Crippen LogP contribution in [-0.2, 0) is 48.1 Å². The van der Waals surface area contributed by atoms with Gasteiger partial charge in [-0.3, -0.25) is 0 Å². The van der Waals surface area contributed by atoms with Crippen LogP contribution in [0.3, 0.4) is 0 Å². The normalized spacial score (nSPS) is 19.9. The Kier molecular flexibility index (Phi) is 12.2. The van der Waals surface area contributed by atoms with Gasteiger partial charge in [0, 0.05) is 6.61 Å². The molecule has 240 valence electrons. The maximum atomic E-state index is 6.40. The zero-order chi connectivity index (χ0) is 31.2. The fourth-order valence-electron chi connectivity index (χ4n) is 5.88. The first-order valence-corrected chi connectivity index (χ1v) is 16.4. The molecule has 0 radical (unpaired) electrons. The van der Waals surface area contributed by atoms with E-state index in [1.54, 1.807) is 0 Å². The van der Waals surface area contributed by atoms with Gasteiger partial charge in [0.15, 0.2) is 0 Å². The Hall–Kier alpha value is -3.62. The summed E-state index contributed by atoms with van der Waals surface area (Å²) in [4.78, 5) is 0. The number of benzene rings is 5. The number of hydrogen-bond acceptors (Lipinski definition) is 6. The van der Waals surface area contributed by atoms with Crippen LogP contribution < -0.4 is 0 Å². The Balaban J connectivity index is 1.07. The molecule has 0 aliphatic carbocycles. The van der Waals surface area contributed by atoms with E-state index >= 15 is 0 Å². The molecule has 1 aliphatic rings. The van der Waals surface area contributed by atoms with Gasteiger partial charge in [0.2, 0.25) is 0 Å². The fraction of sp³-hybridized carbons (Fsp3) is 0.350. The standard InChI is InChI=1S/C40H44O6/c1-3-12-31(13-4-1)23-45-36-27-41-25-35(26-42-28-37(30-43-29-36)46-24-32-14-5-2-6-15-32)44-21-11-20-40-38-18-9-7-16-33(38)22-34-17-8-10-19-39(34)40/h1-10,12-19,22,35-37H,11,20-21,23-30H2. The highest BCUT2D eigenvalue weighted by atomic mass is 16.6. The van der Waals surface area contributed by atoms with Gasteiger partial charge in [0.25, 0.3) is 0 Å². The second kappa shape index (κ2) is 17.3. The van der Waals surface area contributed by atoms with Gasteiger partial charge in [-0.1, -0.05) is 109 Å². The van der Waals surface area contributed by atoms with Crippen LogP contribution in [0.25, 0.3) is 21.5 Å². The third-order valence-electron chi connectivity index (χ3n) is 8.29. The number of fused-ring (bicyclic) bond motifs is 2. The van der Waals surface area contributed by atoms with E-state index in [4.69, 9.17) is 28.4 Å². The van der Waals surface area contributed by atoms with Gasteiger partial charge < -0.3 is 28.4 Å². The van der Waals surface area contributed by atoms with Crippen LogP contribution in [0.5, 0.6) is 0 Å². The first kappa shape index (κ1) is 32.3. The van der Waals surface area contributed by atoms with E-state index < -0.39 is 0 Å². The monoisotopic (exact) mass is 620 g/mol. The second-order valence-electron chi connectivity index (χ2n) is 11.8. The van der Waals surface area contributed by atoms with Crippen LogP contribution in [0, 0.1) is 0 Å². The molecule has 0 amide bonds. The molecule has 6 nitrogen and oxygen atoms in total. The SMILES string of the molecule is c1ccc(COC2COCC(OCCCc3c4ccccc4cc4ccccc34)COCC(OCc3ccccc3)COC2)cc1. The summed E-state index contributed by atoms with van der Waals surface area (Å²) in [6, 6.07) is 39.9. The van der Waals surface area contributed by atoms with Crippen molar-refractivity contribution in [1.29, 1.82) is 0 Å². The van der Waals surface area contributed by atoms with E-state index in [2.05, 4.69) is 78.9 Å². The lowest BCUT2D eigenvalue weighted by Crippen LogP contribution is -2.35. The lowest BCUT2D eigenvalue weighted by atomic mass is 9.94. The molecule has 2 atom stereocenters. The van der Waals surface area contributed by atoms with E-state index in [9.17, 15) is 0 Å². The van der Waals surface area contributed by atoms with Crippen molar-refractivity contribution in [3.8, 4) is 0 Å². The molecule has 0 aromatic heterocycles. The van der Waals surface area contributed by atoms with Crippen molar-refractivity contribution in [2.24, 2.45) is 0 Å². The summed E-state index contributed by atoms with van der Waals surface area (Å²) in [5.41, 5.74) is 3.61. The Morgan fingerprint density at radius 1 is 0.478 bits per heavy atom. The zero-order valence-corrected chi connectivity index (χ0v) is 26.4. The predicted molar refractivity (Wildman–Crippen MR) is 182 cm³/mol. The van der Waals surface area contributed by atoms with Crippen molar-refractivity contribution >= 4 is 21.5 Å². The molecule has 6 rings (SSSR count). The van der Waals surface area contributed by atoms with Crippen LogP contribution in [0.1, 0.15) is 23.1 Å². The van der Waals surface area contributed by atoms with E-state index in [1.807, 2.05) is 36.4 Å². The highest BCUT2D eigenvalue weighted by Gasteiger charge is 2.19. The van der Waals surface area contributed by atoms with Crippen molar-refractivity contribution in [3.05, 3.63) is 132 Å². The van der Waals surface area contributed by atoms with Crippen molar-refractivity contribution in [2.75, 3.05) is 46.2 Å². The van der Waals surface area contributed by atoms with Gasteiger partial charge >= 0.3 is 0 Å². The minimum Gasteiger partial charge on any atom is -0.376 e. The molecule has 1 saturated heterocycles. The summed E-state index contributed by atoms with van der Waals surface area (Å²) < 4.78 is 37.2. The van der Waals surface area contributed by atoms with Gasteiger partial charge in [-0.05, 0) is 57.1 Å². The Labute approximate surface area is 272 Å². The molecule has 1 aliphatic heterocycles. The van der Waals surface area contributed by atoms with Gasteiger partial charge in [0.1, 0.15) is 18.3 Å². The van der Waals surface area contributed by atoms with Crippen LogP contribution in [0.2, 0.25) is 0 Å². The topological polar surface area (TPSA) is 55.4 Å². The Morgan fingerprint density at radius 3 is 1.37 bits per heavy atom. The zero-order valence-electron chi connectivity index (χ0n) is 26.4. The lowest BCUT2D eigenvalue weighted by Gasteiger charge is -2.25. The summed E-state index contributed by atoms with van der Waals surface area (Å²) in [7, 11) is 0. The van der Waals surface area contributed by atoms with E-state index in [-0.39, 0.29) is 18.3 Å². The van der Waals surface area contributed by atoms with Gasteiger partial charge in [-0.15, -0.1) is 0 Å². The predicted octanol–water partition coefficient (Wildman–Crippen LogP) is 7.55. The van der Waals surface area contributed by atoms with E-state index in [0.29, 0.717) is 59.5 Å². The molecule has 0 saturated carbocycles. The summed E-state index contributed by atoms with van der Waals surface area (Å²) in [6.07, 6.45) is 1.20. The van der Waals surface area contributed by atoms with Gasteiger partial charge in [-0.25, -0.2) is 0 Å². The van der Waals surface area contributed by atoms with Crippen molar-refractivity contribution in [1.82, 2.24) is 0 Å². The maximum Gasteiger partial charge on any atom is 0.105 e. The minimum absolute atomic E-state index is 0.200. The third-order valence-corrected chi connectivity index (χ3v) is 8.29. The first-order chi connectivity index (χ1) is 22.8. The molecule has 0 spiro atoms. The molecule has 5 aromatic carbocycles. The van der Waals surface area contributed by atoms with Crippen LogP contribution in [0.4, 0.5) is 0 Å². The highest BCUT2D eigenvalue weighted by molar-refractivity contribution is 6.02. The van der Waals surface area contributed by atoms with Gasteiger partial charge in [0.05, 0.1) is 52.9 Å². The fourth-order valence-corrected chi connectivity index (χ4v) is 5.88. The molecule has 1 fully saturated rings. The van der Waals surface area contributed by atoms with Crippen LogP contribution in [-0.4, -0.2) is 64.6 Å². The van der Waals surface area contributed by atoms with Crippen LogP contribution in [0.15, 0.2) is 115 Å². The smallest absolute Gasteiger partial charge is 0.105 e. The quantitative estimate of drug-likeness (QED) is 0.112. The molecular formula is C40H44O6. The Morgan fingerprint density at radius 2 is 0.891 bits per heavy atom. The van der Waals surface area contributed by atoms with E-state index in [0.717, 1.165) is 24.0 Å². The summed E-state index contributed by atoms with van der Waals surface area (Å²) in [6.45, 7) is 4.06. The summed E-state index contributed by atoms with van der Waals surface area (Å²) in [5, 5.41) is 5.17. The van der Waals surface area contributed by atoms with Gasteiger partial charge in [-0.2, -0.15) is 0 Å². The molecule has 1 heterocycles. The number of aryl methyl sites for hydroxylation is 1. The van der Waals surface area contributed by atoms with Crippen molar-refractivity contribution < 1.29 is 28.4 Å². The van der Waals surface area contributed by atoms with E-state index in [1.165, 1.54) is 27.1 Å². The highest BCUT2D eigenvalue weighted by Crippen LogP contribution is 2.29. The second-order valence-corrected chi connectivity index (χ2v) is 11.8. The maximum absolute atomic E-state index is 6.40.